The number of imide groups is 1. The Morgan fingerprint density at radius 3 is 2.59 bits per heavy atom. The molecule has 4 rings (SSSR count). The van der Waals surface area contributed by atoms with Crippen molar-refractivity contribution >= 4 is 44.4 Å². The van der Waals surface area contributed by atoms with Crippen LogP contribution in [-0.2, 0) is 6.42 Å². The normalized spacial score (nSPS) is 14.4. The predicted octanol–water partition coefficient (Wildman–Crippen LogP) is 4.51. The van der Waals surface area contributed by atoms with E-state index in [2.05, 4.69) is 23.3 Å². The zero-order chi connectivity index (χ0) is 20.7. The molecule has 1 aromatic heterocycles. The summed E-state index contributed by atoms with van der Waals surface area (Å²) in [4.78, 5) is 43.7. The minimum absolute atomic E-state index is 0.185. The van der Waals surface area contributed by atoms with E-state index in [-0.39, 0.29) is 29.3 Å². The number of amides is 3. The van der Waals surface area contributed by atoms with Crippen LogP contribution < -0.4 is 5.32 Å². The van der Waals surface area contributed by atoms with Gasteiger partial charge in [-0.05, 0) is 55.7 Å². The van der Waals surface area contributed by atoms with Crippen LogP contribution in [0.15, 0.2) is 36.4 Å². The van der Waals surface area contributed by atoms with Crippen LogP contribution in [0.2, 0.25) is 0 Å². The van der Waals surface area contributed by atoms with E-state index in [0.717, 1.165) is 16.6 Å². The number of nitrogens with zero attached hydrogens (tertiary/aromatic N) is 2. The minimum Gasteiger partial charge on any atom is -0.298 e. The summed E-state index contributed by atoms with van der Waals surface area (Å²) in [6.07, 6.45) is 1.61. The summed E-state index contributed by atoms with van der Waals surface area (Å²) in [6.45, 7) is 5.86. The zero-order valence-corrected chi connectivity index (χ0v) is 17.3. The van der Waals surface area contributed by atoms with E-state index < -0.39 is 0 Å². The van der Waals surface area contributed by atoms with Crippen LogP contribution in [-0.4, -0.2) is 33.6 Å². The highest BCUT2D eigenvalue weighted by Crippen LogP contribution is 2.29. The van der Waals surface area contributed by atoms with E-state index in [1.54, 1.807) is 12.1 Å². The van der Waals surface area contributed by atoms with Gasteiger partial charge in [0.1, 0.15) is 0 Å². The number of hydrogen-bond donors (Lipinski definition) is 1. The van der Waals surface area contributed by atoms with Gasteiger partial charge in [0.05, 0.1) is 21.3 Å². The molecular weight excluding hydrogens is 386 g/mol. The summed E-state index contributed by atoms with van der Waals surface area (Å²) < 4.78 is 1.01. The van der Waals surface area contributed by atoms with Gasteiger partial charge in [-0.3, -0.25) is 24.6 Å². The fourth-order valence-corrected chi connectivity index (χ4v) is 4.32. The van der Waals surface area contributed by atoms with Gasteiger partial charge in [-0.25, -0.2) is 4.98 Å². The molecule has 1 N–H and O–H groups in total. The molecule has 0 fully saturated rings. The fraction of sp³-hybridized carbons (Fsp3) is 0.273. The first-order valence-electron chi connectivity index (χ1n) is 9.65. The first kappa shape index (κ1) is 19.3. The second kappa shape index (κ2) is 7.40. The van der Waals surface area contributed by atoms with Gasteiger partial charge >= 0.3 is 0 Å². The van der Waals surface area contributed by atoms with Gasteiger partial charge in [0.2, 0.25) is 0 Å². The molecule has 0 radical (unpaired) electrons. The molecule has 29 heavy (non-hydrogen) atoms. The molecule has 3 aromatic rings. The number of hydrogen-bond acceptors (Lipinski definition) is 5. The third-order valence-electron chi connectivity index (χ3n) is 5.29. The number of thiazole rings is 1. The van der Waals surface area contributed by atoms with Gasteiger partial charge in [0, 0.05) is 11.6 Å². The Morgan fingerprint density at radius 1 is 1.10 bits per heavy atom. The van der Waals surface area contributed by atoms with Crippen LogP contribution in [0.25, 0.3) is 10.2 Å². The number of anilines is 1. The lowest BCUT2D eigenvalue weighted by Gasteiger charge is -2.20. The highest BCUT2D eigenvalue weighted by atomic mass is 32.1. The van der Waals surface area contributed by atoms with Crippen molar-refractivity contribution in [2.45, 2.75) is 39.7 Å². The van der Waals surface area contributed by atoms with Crippen molar-refractivity contribution in [2.24, 2.45) is 0 Å². The summed E-state index contributed by atoms with van der Waals surface area (Å²) in [5.41, 5.74) is 3.00. The van der Waals surface area contributed by atoms with Crippen molar-refractivity contribution in [3.63, 3.8) is 0 Å². The van der Waals surface area contributed by atoms with Crippen LogP contribution >= 0.6 is 11.3 Å². The lowest BCUT2D eigenvalue weighted by atomic mass is 10.1. The Kier molecular flexibility index (Phi) is 4.92. The van der Waals surface area contributed by atoms with Gasteiger partial charge in [-0.15, -0.1) is 0 Å². The van der Waals surface area contributed by atoms with Crippen LogP contribution in [0.4, 0.5) is 5.13 Å². The number of aromatic nitrogens is 1. The van der Waals surface area contributed by atoms with Gasteiger partial charge < -0.3 is 0 Å². The Morgan fingerprint density at radius 2 is 1.86 bits per heavy atom. The Balaban J connectivity index is 1.59. The number of aryl methyl sites for hydroxylation is 1. The van der Waals surface area contributed by atoms with Crippen LogP contribution in [0, 0.1) is 0 Å². The lowest BCUT2D eigenvalue weighted by molar-refractivity contribution is 0.0593. The van der Waals surface area contributed by atoms with Crippen molar-refractivity contribution < 1.29 is 14.4 Å². The van der Waals surface area contributed by atoms with Crippen LogP contribution in [0.3, 0.4) is 0 Å². The van der Waals surface area contributed by atoms with Gasteiger partial charge in [-0.1, -0.05) is 31.3 Å². The van der Waals surface area contributed by atoms with E-state index >= 15 is 0 Å². The summed E-state index contributed by atoms with van der Waals surface area (Å²) >= 11 is 1.41. The highest BCUT2D eigenvalue weighted by molar-refractivity contribution is 7.22. The van der Waals surface area contributed by atoms with Crippen LogP contribution in [0.5, 0.6) is 0 Å². The molecule has 2 aromatic carbocycles. The molecule has 0 saturated heterocycles. The molecule has 0 saturated carbocycles. The Hall–Kier alpha value is -3.06. The van der Waals surface area contributed by atoms with Gasteiger partial charge in [0.15, 0.2) is 5.13 Å². The fourth-order valence-electron chi connectivity index (χ4n) is 3.40. The van der Waals surface area contributed by atoms with E-state index in [1.807, 2.05) is 26.0 Å². The standard InChI is InChI=1S/C22H21N3O3S/c1-4-12(3)25-20(27)15-8-7-14(11-16(15)21(25)28)19(26)24-22-23-17-9-6-13(5-2)10-18(17)29-22/h6-12H,4-5H2,1-3H3,(H,23,24,26). The van der Waals surface area contributed by atoms with Gasteiger partial charge in [-0.2, -0.15) is 0 Å². The van der Waals surface area contributed by atoms with Gasteiger partial charge in [0.25, 0.3) is 17.7 Å². The first-order valence-corrected chi connectivity index (χ1v) is 10.5. The van der Waals surface area contributed by atoms with Crippen molar-refractivity contribution in [1.82, 2.24) is 9.88 Å². The highest BCUT2D eigenvalue weighted by Gasteiger charge is 2.38. The second-order valence-electron chi connectivity index (χ2n) is 7.13. The number of carbonyl (C=O) groups excluding carboxylic acids is 3. The maximum Gasteiger partial charge on any atom is 0.261 e. The number of benzene rings is 2. The zero-order valence-electron chi connectivity index (χ0n) is 16.5. The molecule has 1 aliphatic heterocycles. The third-order valence-corrected chi connectivity index (χ3v) is 6.23. The average Bonchev–Trinajstić information content (AvgIpc) is 3.24. The number of rotatable bonds is 5. The van der Waals surface area contributed by atoms with E-state index in [4.69, 9.17) is 0 Å². The topological polar surface area (TPSA) is 79.4 Å². The Bertz CT molecular complexity index is 1150. The van der Waals surface area contributed by atoms with E-state index in [1.165, 1.54) is 27.9 Å². The molecule has 0 spiro atoms. The predicted molar refractivity (Wildman–Crippen MR) is 114 cm³/mol. The average molecular weight is 407 g/mol. The quantitative estimate of drug-likeness (QED) is 0.631. The summed E-state index contributed by atoms with van der Waals surface area (Å²) in [5, 5.41) is 3.31. The molecule has 0 aliphatic carbocycles. The molecular formula is C22H21N3O3S. The minimum atomic E-state index is -0.357. The molecule has 7 heteroatoms. The molecule has 2 heterocycles. The Labute approximate surface area is 172 Å². The molecule has 0 bridgehead atoms. The first-order chi connectivity index (χ1) is 13.9. The summed E-state index contributed by atoms with van der Waals surface area (Å²) in [7, 11) is 0. The maximum absolute atomic E-state index is 12.7. The molecule has 148 valence electrons. The number of carbonyl (C=O) groups is 3. The summed E-state index contributed by atoms with van der Waals surface area (Å²) in [6, 6.07) is 10.5. The maximum atomic E-state index is 12.7. The largest absolute Gasteiger partial charge is 0.298 e. The molecule has 1 unspecified atom stereocenters. The molecule has 6 nitrogen and oxygen atoms in total. The second-order valence-corrected chi connectivity index (χ2v) is 8.16. The van der Waals surface area contributed by atoms with E-state index in [9.17, 15) is 14.4 Å². The third kappa shape index (κ3) is 3.31. The molecule has 1 atom stereocenters. The van der Waals surface area contributed by atoms with Crippen molar-refractivity contribution in [3.05, 3.63) is 58.7 Å². The summed E-state index contributed by atoms with van der Waals surface area (Å²) in [5.74, 6) is -1.00. The smallest absolute Gasteiger partial charge is 0.261 e. The van der Waals surface area contributed by atoms with E-state index in [0.29, 0.717) is 22.7 Å². The SMILES string of the molecule is CCc1ccc2nc(NC(=O)c3ccc4c(c3)C(=O)N(C(C)CC)C4=O)sc2c1. The molecule has 1 aliphatic rings. The van der Waals surface area contributed by atoms with Crippen molar-refractivity contribution in [3.8, 4) is 0 Å². The van der Waals surface area contributed by atoms with Crippen molar-refractivity contribution in [2.75, 3.05) is 5.32 Å². The number of fused-ring (bicyclic) bond motifs is 2. The monoisotopic (exact) mass is 407 g/mol. The lowest BCUT2D eigenvalue weighted by Crippen LogP contribution is -2.37. The number of nitrogens with one attached hydrogen (secondary N) is 1. The van der Waals surface area contributed by atoms with Crippen LogP contribution in [0.1, 0.15) is 63.8 Å². The molecule has 3 amide bonds. The van der Waals surface area contributed by atoms with Crippen molar-refractivity contribution in [1.29, 1.82) is 0 Å².